The third kappa shape index (κ3) is 3.26. The molecule has 3 nitrogen and oxygen atoms in total. The molecule has 0 atom stereocenters. The molecule has 88 valence electrons. The van der Waals surface area contributed by atoms with Crippen LogP contribution in [0.5, 0.6) is 0 Å². The number of hydrogen-bond donors (Lipinski definition) is 1. The Kier molecular flexibility index (Phi) is 4.35. The number of rotatable bonds is 3. The molecule has 0 radical (unpaired) electrons. The average molecular weight is 220 g/mol. The standard InChI is InChI=1S/C13H20N2O/c1-10-5-6-12(11(2)9-10)7-8-15(4)13(16)14-3/h5-6,9H,7-8H2,1-4H3,(H,14,16). The summed E-state index contributed by atoms with van der Waals surface area (Å²) in [6.45, 7) is 4.94. The maximum atomic E-state index is 11.3. The van der Waals surface area contributed by atoms with Gasteiger partial charge in [-0.05, 0) is 31.4 Å². The lowest BCUT2D eigenvalue weighted by molar-refractivity contribution is 0.211. The molecule has 0 fully saturated rings. The number of hydrogen-bond acceptors (Lipinski definition) is 1. The minimum absolute atomic E-state index is 0.0373. The van der Waals surface area contributed by atoms with E-state index in [4.69, 9.17) is 0 Å². The molecule has 1 rings (SSSR count). The summed E-state index contributed by atoms with van der Waals surface area (Å²) < 4.78 is 0. The van der Waals surface area contributed by atoms with Crippen LogP contribution in [0.15, 0.2) is 18.2 Å². The molecule has 3 heteroatoms. The molecule has 0 aliphatic rings. The normalized spacial score (nSPS) is 10.0. The maximum absolute atomic E-state index is 11.3. The molecule has 0 aliphatic carbocycles. The third-order valence-corrected chi connectivity index (χ3v) is 2.78. The molecule has 2 amide bonds. The van der Waals surface area contributed by atoms with Gasteiger partial charge in [-0.3, -0.25) is 0 Å². The van der Waals surface area contributed by atoms with Crippen LogP contribution in [0.2, 0.25) is 0 Å². The number of benzene rings is 1. The van der Waals surface area contributed by atoms with E-state index in [9.17, 15) is 4.79 Å². The number of carbonyl (C=O) groups is 1. The van der Waals surface area contributed by atoms with Gasteiger partial charge in [0.15, 0.2) is 0 Å². The summed E-state index contributed by atoms with van der Waals surface area (Å²) >= 11 is 0. The van der Waals surface area contributed by atoms with E-state index in [-0.39, 0.29) is 6.03 Å². The molecule has 1 N–H and O–H groups in total. The topological polar surface area (TPSA) is 32.3 Å². The summed E-state index contributed by atoms with van der Waals surface area (Å²) in [6.07, 6.45) is 0.899. The Morgan fingerprint density at radius 2 is 2.06 bits per heavy atom. The first-order valence-corrected chi connectivity index (χ1v) is 5.53. The largest absolute Gasteiger partial charge is 0.341 e. The Labute approximate surface area is 97.5 Å². The minimum Gasteiger partial charge on any atom is -0.341 e. The highest BCUT2D eigenvalue weighted by Gasteiger charge is 2.06. The van der Waals surface area contributed by atoms with E-state index < -0.39 is 0 Å². The predicted molar refractivity (Wildman–Crippen MR) is 66.7 cm³/mol. The molecule has 1 aromatic carbocycles. The lowest BCUT2D eigenvalue weighted by atomic mass is 10.0. The van der Waals surface area contributed by atoms with Crippen LogP contribution in [0.1, 0.15) is 16.7 Å². The molecular weight excluding hydrogens is 200 g/mol. The molecular formula is C13H20N2O. The number of nitrogens with one attached hydrogen (secondary N) is 1. The van der Waals surface area contributed by atoms with Crippen LogP contribution >= 0.6 is 0 Å². The van der Waals surface area contributed by atoms with E-state index in [2.05, 4.69) is 37.4 Å². The van der Waals surface area contributed by atoms with Gasteiger partial charge in [0.2, 0.25) is 0 Å². The molecule has 0 bridgehead atoms. The van der Waals surface area contributed by atoms with Crippen LogP contribution in [0, 0.1) is 13.8 Å². The van der Waals surface area contributed by atoms with Gasteiger partial charge >= 0.3 is 6.03 Å². The van der Waals surface area contributed by atoms with Crippen molar-refractivity contribution >= 4 is 6.03 Å². The Hall–Kier alpha value is -1.51. The highest BCUT2D eigenvalue weighted by atomic mass is 16.2. The van der Waals surface area contributed by atoms with Crippen molar-refractivity contribution in [3.63, 3.8) is 0 Å². The van der Waals surface area contributed by atoms with Gasteiger partial charge in [0.1, 0.15) is 0 Å². The first-order chi connectivity index (χ1) is 7.54. The molecule has 0 saturated heterocycles. The number of likely N-dealkylation sites (N-methyl/N-ethyl adjacent to an activating group) is 1. The number of aryl methyl sites for hydroxylation is 2. The monoisotopic (exact) mass is 220 g/mol. The van der Waals surface area contributed by atoms with E-state index in [0.717, 1.165) is 13.0 Å². The first-order valence-electron chi connectivity index (χ1n) is 5.53. The van der Waals surface area contributed by atoms with E-state index in [1.807, 2.05) is 7.05 Å². The Morgan fingerprint density at radius 3 is 2.62 bits per heavy atom. The highest BCUT2D eigenvalue weighted by molar-refractivity contribution is 5.73. The average Bonchev–Trinajstić information content (AvgIpc) is 2.26. The van der Waals surface area contributed by atoms with Gasteiger partial charge in [0, 0.05) is 20.6 Å². The van der Waals surface area contributed by atoms with E-state index in [0.29, 0.717) is 0 Å². The molecule has 0 spiro atoms. The van der Waals surface area contributed by atoms with Crippen LogP contribution in [-0.4, -0.2) is 31.6 Å². The molecule has 16 heavy (non-hydrogen) atoms. The zero-order chi connectivity index (χ0) is 12.1. The van der Waals surface area contributed by atoms with Crippen LogP contribution in [0.25, 0.3) is 0 Å². The number of nitrogens with zero attached hydrogens (tertiary/aromatic N) is 1. The van der Waals surface area contributed by atoms with E-state index in [1.165, 1.54) is 16.7 Å². The number of carbonyl (C=O) groups excluding carboxylic acids is 1. The Morgan fingerprint density at radius 1 is 1.38 bits per heavy atom. The van der Waals surface area contributed by atoms with Gasteiger partial charge in [0.25, 0.3) is 0 Å². The first kappa shape index (κ1) is 12.6. The second kappa shape index (κ2) is 5.54. The molecule has 0 unspecified atom stereocenters. The Balaban J connectivity index is 2.58. The van der Waals surface area contributed by atoms with E-state index in [1.54, 1.807) is 11.9 Å². The molecule has 0 aliphatic heterocycles. The summed E-state index contributed by atoms with van der Waals surface area (Å²) in [4.78, 5) is 13.0. The van der Waals surface area contributed by atoms with Crippen molar-refractivity contribution in [2.75, 3.05) is 20.6 Å². The van der Waals surface area contributed by atoms with Crippen LogP contribution in [0.3, 0.4) is 0 Å². The van der Waals surface area contributed by atoms with Crippen molar-refractivity contribution < 1.29 is 4.79 Å². The lowest BCUT2D eigenvalue weighted by Gasteiger charge is -2.17. The van der Waals surface area contributed by atoms with Crippen molar-refractivity contribution in [1.82, 2.24) is 10.2 Å². The summed E-state index contributed by atoms with van der Waals surface area (Å²) in [5, 5.41) is 2.61. The second-order valence-electron chi connectivity index (χ2n) is 4.16. The SMILES string of the molecule is CNC(=O)N(C)CCc1ccc(C)cc1C. The number of urea groups is 1. The fraction of sp³-hybridized carbons (Fsp3) is 0.462. The summed E-state index contributed by atoms with van der Waals surface area (Å²) in [5.74, 6) is 0. The van der Waals surface area contributed by atoms with Crippen molar-refractivity contribution in [1.29, 1.82) is 0 Å². The van der Waals surface area contributed by atoms with Gasteiger partial charge in [-0.2, -0.15) is 0 Å². The predicted octanol–water partition coefficient (Wildman–Crippen LogP) is 2.12. The quantitative estimate of drug-likeness (QED) is 0.831. The van der Waals surface area contributed by atoms with Gasteiger partial charge in [-0.15, -0.1) is 0 Å². The summed E-state index contributed by atoms with van der Waals surface area (Å²) in [5.41, 5.74) is 3.88. The van der Waals surface area contributed by atoms with Crippen LogP contribution < -0.4 is 5.32 Å². The Bertz CT molecular complexity index is 374. The molecule has 0 saturated carbocycles. The van der Waals surface area contributed by atoms with Crippen molar-refractivity contribution in [3.05, 3.63) is 34.9 Å². The smallest absolute Gasteiger partial charge is 0.316 e. The van der Waals surface area contributed by atoms with Crippen molar-refractivity contribution in [3.8, 4) is 0 Å². The fourth-order valence-electron chi connectivity index (χ4n) is 1.71. The molecule has 0 heterocycles. The van der Waals surface area contributed by atoms with Gasteiger partial charge in [-0.25, -0.2) is 4.79 Å². The zero-order valence-electron chi connectivity index (χ0n) is 10.5. The maximum Gasteiger partial charge on any atom is 0.316 e. The second-order valence-corrected chi connectivity index (χ2v) is 4.16. The van der Waals surface area contributed by atoms with Crippen LogP contribution in [0.4, 0.5) is 4.79 Å². The van der Waals surface area contributed by atoms with Crippen LogP contribution in [-0.2, 0) is 6.42 Å². The lowest BCUT2D eigenvalue weighted by Crippen LogP contribution is -2.36. The summed E-state index contributed by atoms with van der Waals surface area (Å²) in [6, 6.07) is 6.39. The third-order valence-electron chi connectivity index (χ3n) is 2.78. The highest BCUT2D eigenvalue weighted by Crippen LogP contribution is 2.11. The van der Waals surface area contributed by atoms with Crippen molar-refractivity contribution in [2.45, 2.75) is 20.3 Å². The fourth-order valence-corrected chi connectivity index (χ4v) is 1.71. The molecule has 0 aromatic heterocycles. The number of amides is 2. The van der Waals surface area contributed by atoms with Crippen molar-refractivity contribution in [2.24, 2.45) is 0 Å². The summed E-state index contributed by atoms with van der Waals surface area (Å²) in [7, 11) is 3.46. The van der Waals surface area contributed by atoms with Gasteiger partial charge in [0.05, 0.1) is 0 Å². The van der Waals surface area contributed by atoms with Gasteiger partial charge in [-0.1, -0.05) is 23.8 Å². The van der Waals surface area contributed by atoms with Gasteiger partial charge < -0.3 is 10.2 Å². The zero-order valence-corrected chi connectivity index (χ0v) is 10.5. The molecule has 1 aromatic rings. The van der Waals surface area contributed by atoms with E-state index >= 15 is 0 Å². The minimum atomic E-state index is -0.0373.